The summed E-state index contributed by atoms with van der Waals surface area (Å²) in [4.78, 5) is 11.8. The number of carbonyl (C=O) groups excluding carboxylic acids is 1. The standard InChI is InChI=1S/C14H18ClNO3/c1-14(18,10-5-2-3-6-11(10)15)9-16-13(17)12-7-4-8-19-12/h2-3,5-6,12,18H,4,7-9H2,1H3,(H,16,17)/t12-,14+/m0/s1. The minimum atomic E-state index is -1.20. The number of aliphatic hydroxyl groups is 1. The zero-order valence-corrected chi connectivity index (χ0v) is 11.6. The third-order valence-corrected chi connectivity index (χ3v) is 3.61. The number of halogens is 1. The van der Waals surface area contributed by atoms with Gasteiger partial charge in [0.1, 0.15) is 11.7 Å². The largest absolute Gasteiger partial charge is 0.384 e. The first-order chi connectivity index (χ1) is 9.00. The molecule has 4 nitrogen and oxygen atoms in total. The highest BCUT2D eigenvalue weighted by molar-refractivity contribution is 6.31. The van der Waals surface area contributed by atoms with Crippen molar-refractivity contribution in [2.45, 2.75) is 31.5 Å². The van der Waals surface area contributed by atoms with E-state index in [1.54, 1.807) is 31.2 Å². The van der Waals surface area contributed by atoms with Crippen LogP contribution in [0.1, 0.15) is 25.3 Å². The van der Waals surface area contributed by atoms with Crippen molar-refractivity contribution in [3.63, 3.8) is 0 Å². The van der Waals surface area contributed by atoms with Crippen LogP contribution in [0.5, 0.6) is 0 Å². The van der Waals surface area contributed by atoms with Gasteiger partial charge in [-0.1, -0.05) is 29.8 Å². The molecule has 2 N–H and O–H groups in total. The molecular weight excluding hydrogens is 266 g/mol. The monoisotopic (exact) mass is 283 g/mol. The van der Waals surface area contributed by atoms with Crippen molar-refractivity contribution in [3.8, 4) is 0 Å². The number of rotatable bonds is 4. The molecule has 1 aromatic rings. The molecule has 1 heterocycles. The first-order valence-corrected chi connectivity index (χ1v) is 6.75. The Kier molecular flexibility index (Phi) is 4.45. The summed E-state index contributed by atoms with van der Waals surface area (Å²) < 4.78 is 5.29. The Labute approximate surface area is 117 Å². The van der Waals surface area contributed by atoms with Crippen molar-refractivity contribution in [3.05, 3.63) is 34.9 Å². The van der Waals surface area contributed by atoms with E-state index in [9.17, 15) is 9.90 Å². The molecule has 19 heavy (non-hydrogen) atoms. The lowest BCUT2D eigenvalue weighted by Crippen LogP contribution is -2.42. The van der Waals surface area contributed by atoms with Crippen molar-refractivity contribution in [1.29, 1.82) is 0 Å². The van der Waals surface area contributed by atoms with Crippen LogP contribution in [0.4, 0.5) is 0 Å². The van der Waals surface area contributed by atoms with E-state index >= 15 is 0 Å². The Morgan fingerprint density at radius 3 is 2.95 bits per heavy atom. The fourth-order valence-corrected chi connectivity index (χ4v) is 2.49. The number of hydrogen-bond donors (Lipinski definition) is 2. The highest BCUT2D eigenvalue weighted by Crippen LogP contribution is 2.27. The molecule has 1 amide bonds. The summed E-state index contributed by atoms with van der Waals surface area (Å²) in [6, 6.07) is 7.07. The summed E-state index contributed by atoms with van der Waals surface area (Å²) >= 11 is 6.05. The van der Waals surface area contributed by atoms with Gasteiger partial charge in [-0.15, -0.1) is 0 Å². The van der Waals surface area contributed by atoms with E-state index in [0.717, 1.165) is 12.8 Å². The van der Waals surface area contributed by atoms with Crippen LogP contribution in [0.2, 0.25) is 5.02 Å². The molecule has 1 aliphatic rings. The van der Waals surface area contributed by atoms with E-state index in [0.29, 0.717) is 17.2 Å². The second-order valence-corrected chi connectivity index (χ2v) is 5.38. The number of nitrogens with one attached hydrogen (secondary N) is 1. The summed E-state index contributed by atoms with van der Waals surface area (Å²) in [5.41, 5.74) is -0.601. The summed E-state index contributed by atoms with van der Waals surface area (Å²) in [6.45, 7) is 2.36. The van der Waals surface area contributed by atoms with Crippen LogP contribution in [0, 0.1) is 0 Å². The Bertz CT molecular complexity index is 456. The van der Waals surface area contributed by atoms with Crippen LogP contribution in [0.3, 0.4) is 0 Å². The molecular formula is C14H18ClNO3. The van der Waals surface area contributed by atoms with E-state index in [1.165, 1.54) is 0 Å². The van der Waals surface area contributed by atoms with Gasteiger partial charge in [0, 0.05) is 17.2 Å². The van der Waals surface area contributed by atoms with Crippen LogP contribution >= 0.6 is 11.6 Å². The number of amides is 1. The van der Waals surface area contributed by atoms with Crippen LogP contribution < -0.4 is 5.32 Å². The predicted octanol–water partition coefficient (Wildman–Crippen LogP) is 1.84. The lowest BCUT2D eigenvalue weighted by atomic mass is 9.96. The van der Waals surface area contributed by atoms with Gasteiger partial charge in [0.25, 0.3) is 0 Å². The molecule has 0 unspecified atom stereocenters. The molecule has 1 aliphatic heterocycles. The molecule has 1 fully saturated rings. The van der Waals surface area contributed by atoms with Crippen molar-refractivity contribution < 1.29 is 14.6 Å². The molecule has 0 spiro atoms. The summed E-state index contributed by atoms with van der Waals surface area (Å²) in [5, 5.41) is 13.6. The number of hydrogen-bond acceptors (Lipinski definition) is 3. The fourth-order valence-electron chi connectivity index (χ4n) is 2.15. The van der Waals surface area contributed by atoms with Gasteiger partial charge in [0.05, 0.1) is 6.54 Å². The first kappa shape index (κ1) is 14.3. The maximum atomic E-state index is 11.8. The highest BCUT2D eigenvalue weighted by atomic mass is 35.5. The second-order valence-electron chi connectivity index (χ2n) is 4.97. The van der Waals surface area contributed by atoms with Gasteiger partial charge >= 0.3 is 0 Å². The third-order valence-electron chi connectivity index (χ3n) is 3.28. The van der Waals surface area contributed by atoms with E-state index in [4.69, 9.17) is 16.3 Å². The van der Waals surface area contributed by atoms with E-state index in [2.05, 4.69) is 5.32 Å². The summed E-state index contributed by atoms with van der Waals surface area (Å²) in [7, 11) is 0. The Hall–Kier alpha value is -1.10. The average Bonchev–Trinajstić information content (AvgIpc) is 2.90. The smallest absolute Gasteiger partial charge is 0.249 e. The van der Waals surface area contributed by atoms with Gasteiger partial charge in [0.2, 0.25) is 5.91 Å². The van der Waals surface area contributed by atoms with E-state index in [1.807, 2.05) is 0 Å². The van der Waals surface area contributed by atoms with Crippen molar-refractivity contribution in [1.82, 2.24) is 5.32 Å². The predicted molar refractivity (Wildman–Crippen MR) is 73.0 cm³/mol. The molecule has 104 valence electrons. The average molecular weight is 284 g/mol. The molecule has 0 bridgehead atoms. The minimum Gasteiger partial charge on any atom is -0.384 e. The fraction of sp³-hybridized carbons (Fsp3) is 0.500. The second kappa shape index (κ2) is 5.90. The molecule has 1 saturated heterocycles. The Balaban J connectivity index is 1.97. The zero-order valence-electron chi connectivity index (χ0n) is 10.9. The van der Waals surface area contributed by atoms with Crippen molar-refractivity contribution >= 4 is 17.5 Å². The Morgan fingerprint density at radius 2 is 2.32 bits per heavy atom. The van der Waals surface area contributed by atoms with E-state index in [-0.39, 0.29) is 18.6 Å². The molecule has 0 radical (unpaired) electrons. The lowest BCUT2D eigenvalue weighted by molar-refractivity contribution is -0.131. The first-order valence-electron chi connectivity index (χ1n) is 6.37. The zero-order chi connectivity index (χ0) is 13.9. The highest BCUT2D eigenvalue weighted by Gasteiger charge is 2.29. The molecule has 2 atom stereocenters. The molecule has 0 aromatic heterocycles. The topological polar surface area (TPSA) is 58.6 Å². The van der Waals surface area contributed by atoms with Crippen LogP contribution in [0.15, 0.2) is 24.3 Å². The molecule has 0 saturated carbocycles. The minimum absolute atomic E-state index is 0.107. The normalized spacial score (nSPS) is 21.9. The quantitative estimate of drug-likeness (QED) is 0.886. The van der Waals surface area contributed by atoms with Gasteiger partial charge in [-0.2, -0.15) is 0 Å². The van der Waals surface area contributed by atoms with Crippen LogP contribution in [-0.4, -0.2) is 30.3 Å². The van der Waals surface area contributed by atoms with Crippen molar-refractivity contribution in [2.75, 3.05) is 13.2 Å². The SMILES string of the molecule is C[C@@](O)(CNC(=O)[C@@H]1CCCO1)c1ccccc1Cl. The van der Waals surface area contributed by atoms with Gasteiger partial charge in [-0.05, 0) is 25.8 Å². The maximum absolute atomic E-state index is 11.8. The molecule has 2 rings (SSSR count). The molecule has 5 heteroatoms. The van der Waals surface area contributed by atoms with Gasteiger partial charge < -0.3 is 15.2 Å². The number of carbonyl (C=O) groups is 1. The summed E-state index contributed by atoms with van der Waals surface area (Å²) in [5.74, 6) is -0.176. The van der Waals surface area contributed by atoms with Crippen LogP contribution in [-0.2, 0) is 15.1 Å². The molecule has 1 aromatic carbocycles. The lowest BCUT2D eigenvalue weighted by Gasteiger charge is -2.25. The third kappa shape index (κ3) is 3.47. The molecule has 0 aliphatic carbocycles. The van der Waals surface area contributed by atoms with Gasteiger partial charge in [-0.25, -0.2) is 0 Å². The Morgan fingerprint density at radius 1 is 1.58 bits per heavy atom. The summed E-state index contributed by atoms with van der Waals surface area (Å²) in [6.07, 6.45) is 1.25. The van der Waals surface area contributed by atoms with E-state index < -0.39 is 5.60 Å². The van der Waals surface area contributed by atoms with Gasteiger partial charge in [-0.3, -0.25) is 4.79 Å². The number of benzene rings is 1. The van der Waals surface area contributed by atoms with Crippen molar-refractivity contribution in [2.24, 2.45) is 0 Å². The maximum Gasteiger partial charge on any atom is 0.249 e. The van der Waals surface area contributed by atoms with Crippen LogP contribution in [0.25, 0.3) is 0 Å². The van der Waals surface area contributed by atoms with Gasteiger partial charge in [0.15, 0.2) is 0 Å². The number of ether oxygens (including phenoxy) is 1.